The van der Waals surface area contributed by atoms with Gasteiger partial charge in [0, 0.05) is 16.5 Å². The summed E-state index contributed by atoms with van der Waals surface area (Å²) in [5.41, 5.74) is 1.59. The number of amides is 1. The third-order valence-electron chi connectivity index (χ3n) is 3.00. The maximum absolute atomic E-state index is 11.9. The Balaban J connectivity index is 1.58. The number of nitrogens with one attached hydrogen (secondary N) is 1. The fraction of sp³-hybridized carbons (Fsp3) is 0.125. The molecule has 5 heteroatoms. The van der Waals surface area contributed by atoms with E-state index in [-0.39, 0.29) is 12.3 Å². The highest BCUT2D eigenvalue weighted by Gasteiger charge is 2.10. The molecule has 106 valence electrons. The van der Waals surface area contributed by atoms with Crippen molar-refractivity contribution in [1.82, 2.24) is 10.5 Å². The maximum atomic E-state index is 11.9. The van der Waals surface area contributed by atoms with Gasteiger partial charge in [-0.15, -0.1) is 11.3 Å². The molecule has 1 aromatic carbocycles. The van der Waals surface area contributed by atoms with Gasteiger partial charge in [-0.2, -0.15) is 0 Å². The molecule has 0 atom stereocenters. The molecule has 0 unspecified atom stereocenters. The third kappa shape index (κ3) is 3.58. The van der Waals surface area contributed by atoms with Crippen molar-refractivity contribution in [2.45, 2.75) is 13.0 Å². The predicted octanol–water partition coefficient (Wildman–Crippen LogP) is 3.26. The molecule has 1 amide bonds. The predicted molar refractivity (Wildman–Crippen MR) is 81.8 cm³/mol. The molecule has 21 heavy (non-hydrogen) atoms. The van der Waals surface area contributed by atoms with Crippen LogP contribution in [0.15, 0.2) is 58.4 Å². The number of rotatable bonds is 5. The molecule has 3 aromatic rings. The van der Waals surface area contributed by atoms with Crippen molar-refractivity contribution in [3.63, 3.8) is 0 Å². The van der Waals surface area contributed by atoms with Crippen molar-refractivity contribution in [3.8, 4) is 11.3 Å². The van der Waals surface area contributed by atoms with Crippen LogP contribution in [-0.2, 0) is 17.8 Å². The molecule has 1 N–H and O–H groups in total. The molecule has 0 saturated heterocycles. The van der Waals surface area contributed by atoms with Crippen molar-refractivity contribution >= 4 is 17.2 Å². The molecular formula is C16H14N2O2S. The van der Waals surface area contributed by atoms with Crippen molar-refractivity contribution < 1.29 is 9.32 Å². The van der Waals surface area contributed by atoms with E-state index in [4.69, 9.17) is 4.52 Å². The van der Waals surface area contributed by atoms with Crippen LogP contribution >= 0.6 is 11.3 Å². The molecule has 0 aliphatic carbocycles. The lowest BCUT2D eigenvalue weighted by molar-refractivity contribution is -0.120. The van der Waals surface area contributed by atoms with Gasteiger partial charge in [-0.1, -0.05) is 41.6 Å². The number of hydrogen-bond donors (Lipinski definition) is 1. The lowest BCUT2D eigenvalue weighted by Gasteiger charge is -2.00. The monoisotopic (exact) mass is 298 g/mol. The summed E-state index contributed by atoms with van der Waals surface area (Å²) in [6.45, 7) is 0.555. The smallest absolute Gasteiger partial charge is 0.226 e. The molecule has 0 radical (unpaired) electrons. The molecule has 2 heterocycles. The van der Waals surface area contributed by atoms with Gasteiger partial charge in [0.2, 0.25) is 5.91 Å². The highest BCUT2D eigenvalue weighted by Crippen LogP contribution is 2.19. The first-order valence-corrected chi connectivity index (χ1v) is 7.49. The summed E-state index contributed by atoms with van der Waals surface area (Å²) >= 11 is 1.62. The highest BCUT2D eigenvalue weighted by atomic mass is 32.1. The van der Waals surface area contributed by atoms with Crippen LogP contribution in [-0.4, -0.2) is 11.1 Å². The minimum Gasteiger partial charge on any atom is -0.356 e. The van der Waals surface area contributed by atoms with Crippen molar-refractivity contribution in [2.75, 3.05) is 0 Å². The Hall–Kier alpha value is -2.40. The molecule has 3 rings (SSSR count). The van der Waals surface area contributed by atoms with Gasteiger partial charge in [0.15, 0.2) is 5.76 Å². The second-order valence-electron chi connectivity index (χ2n) is 4.58. The number of aromatic nitrogens is 1. The fourth-order valence-corrected chi connectivity index (χ4v) is 2.60. The standard InChI is InChI=1S/C16H14N2O2S/c19-16(17-11-14-7-4-8-21-14)10-13-9-15(20-18-13)12-5-2-1-3-6-12/h1-9H,10-11H2,(H,17,19). The summed E-state index contributed by atoms with van der Waals surface area (Å²) in [6.07, 6.45) is 0.224. The topological polar surface area (TPSA) is 55.1 Å². The zero-order chi connectivity index (χ0) is 14.5. The lowest BCUT2D eigenvalue weighted by Crippen LogP contribution is -2.24. The van der Waals surface area contributed by atoms with Crippen LogP contribution in [0.3, 0.4) is 0 Å². The first kappa shape index (κ1) is 13.6. The molecule has 0 bridgehead atoms. The van der Waals surface area contributed by atoms with E-state index < -0.39 is 0 Å². The van der Waals surface area contributed by atoms with E-state index in [0.717, 1.165) is 10.4 Å². The van der Waals surface area contributed by atoms with Crippen molar-refractivity contribution in [3.05, 3.63) is 64.5 Å². The van der Waals surface area contributed by atoms with Crippen LogP contribution < -0.4 is 5.32 Å². The van der Waals surface area contributed by atoms with Crippen LogP contribution in [0, 0.1) is 0 Å². The number of carbonyl (C=O) groups is 1. The normalized spacial score (nSPS) is 10.5. The zero-order valence-corrected chi connectivity index (χ0v) is 12.1. The van der Waals surface area contributed by atoms with E-state index in [0.29, 0.717) is 18.0 Å². The Morgan fingerprint density at radius 2 is 2.05 bits per heavy atom. The van der Waals surface area contributed by atoms with Crippen LogP contribution in [0.1, 0.15) is 10.6 Å². The summed E-state index contributed by atoms with van der Waals surface area (Å²) < 4.78 is 5.27. The van der Waals surface area contributed by atoms with Crippen LogP contribution in [0.2, 0.25) is 0 Å². The summed E-state index contributed by atoms with van der Waals surface area (Å²) in [5, 5.41) is 8.81. The fourth-order valence-electron chi connectivity index (χ4n) is 1.96. The summed E-state index contributed by atoms with van der Waals surface area (Å²) in [7, 11) is 0. The second kappa shape index (κ2) is 6.37. The third-order valence-corrected chi connectivity index (χ3v) is 3.88. The van der Waals surface area contributed by atoms with Crippen LogP contribution in [0.4, 0.5) is 0 Å². The first-order chi connectivity index (χ1) is 10.3. The number of carbonyl (C=O) groups excluding carboxylic acids is 1. The second-order valence-corrected chi connectivity index (χ2v) is 5.61. The average Bonchev–Trinajstić information content (AvgIpc) is 3.17. The van der Waals surface area contributed by atoms with E-state index in [1.54, 1.807) is 17.4 Å². The Bertz CT molecular complexity index is 705. The minimum absolute atomic E-state index is 0.0590. The van der Waals surface area contributed by atoms with Gasteiger partial charge in [-0.25, -0.2) is 0 Å². The number of benzene rings is 1. The summed E-state index contributed by atoms with van der Waals surface area (Å²) in [6, 6.07) is 15.5. The van der Waals surface area contributed by atoms with E-state index in [1.807, 2.05) is 47.8 Å². The molecule has 2 aromatic heterocycles. The number of hydrogen-bond acceptors (Lipinski definition) is 4. The van der Waals surface area contributed by atoms with Crippen molar-refractivity contribution in [2.24, 2.45) is 0 Å². The Morgan fingerprint density at radius 3 is 2.81 bits per heavy atom. The Kier molecular flexibility index (Phi) is 4.12. The van der Waals surface area contributed by atoms with Gasteiger partial charge in [-0.3, -0.25) is 4.79 Å². The molecule has 0 saturated carbocycles. The van der Waals surface area contributed by atoms with Gasteiger partial charge in [0.25, 0.3) is 0 Å². The van der Waals surface area contributed by atoms with E-state index in [9.17, 15) is 4.79 Å². The Labute approximate surface area is 126 Å². The average molecular weight is 298 g/mol. The largest absolute Gasteiger partial charge is 0.356 e. The zero-order valence-electron chi connectivity index (χ0n) is 11.3. The van der Waals surface area contributed by atoms with Crippen LogP contribution in [0.25, 0.3) is 11.3 Å². The molecular weight excluding hydrogens is 284 g/mol. The van der Waals surface area contributed by atoms with E-state index >= 15 is 0 Å². The van der Waals surface area contributed by atoms with Crippen molar-refractivity contribution in [1.29, 1.82) is 0 Å². The number of thiophene rings is 1. The van der Waals surface area contributed by atoms with Gasteiger partial charge >= 0.3 is 0 Å². The SMILES string of the molecule is O=C(Cc1cc(-c2ccccc2)on1)NCc1cccs1. The maximum Gasteiger partial charge on any atom is 0.226 e. The molecule has 4 nitrogen and oxygen atoms in total. The van der Waals surface area contributed by atoms with E-state index in [1.165, 1.54) is 0 Å². The van der Waals surface area contributed by atoms with Gasteiger partial charge < -0.3 is 9.84 Å². The lowest BCUT2D eigenvalue weighted by atomic mass is 10.1. The van der Waals surface area contributed by atoms with Crippen LogP contribution in [0.5, 0.6) is 0 Å². The summed E-state index contributed by atoms with van der Waals surface area (Å²) in [4.78, 5) is 13.0. The van der Waals surface area contributed by atoms with Gasteiger partial charge in [-0.05, 0) is 11.4 Å². The Morgan fingerprint density at radius 1 is 1.19 bits per heavy atom. The van der Waals surface area contributed by atoms with Gasteiger partial charge in [0.05, 0.1) is 18.7 Å². The summed E-state index contributed by atoms with van der Waals surface area (Å²) in [5.74, 6) is 0.618. The molecule has 0 spiro atoms. The minimum atomic E-state index is -0.0590. The van der Waals surface area contributed by atoms with E-state index in [2.05, 4.69) is 10.5 Å². The molecule has 0 fully saturated rings. The molecule has 0 aliphatic rings. The highest BCUT2D eigenvalue weighted by molar-refractivity contribution is 7.09. The van der Waals surface area contributed by atoms with Gasteiger partial charge in [0.1, 0.15) is 0 Å². The first-order valence-electron chi connectivity index (χ1n) is 6.61. The molecule has 0 aliphatic heterocycles. The number of nitrogens with zero attached hydrogens (tertiary/aromatic N) is 1. The quantitative estimate of drug-likeness (QED) is 0.786.